The van der Waals surface area contributed by atoms with Crippen molar-refractivity contribution in [2.75, 3.05) is 31.8 Å². The average Bonchev–Trinajstić information content (AvgIpc) is 3.59. The number of hydrogen-bond acceptors (Lipinski definition) is 7. The molecule has 5 rings (SSSR count). The van der Waals surface area contributed by atoms with Gasteiger partial charge in [0.05, 0.1) is 54.4 Å². The number of fused-ring (bicyclic) bond motifs is 1. The van der Waals surface area contributed by atoms with E-state index in [1.807, 2.05) is 24.5 Å². The van der Waals surface area contributed by atoms with E-state index in [9.17, 15) is 14.4 Å². The van der Waals surface area contributed by atoms with Crippen LogP contribution in [-0.2, 0) is 32.5 Å². The Bertz CT molecular complexity index is 1510. The summed E-state index contributed by atoms with van der Waals surface area (Å²) in [5.41, 5.74) is 1.26. The van der Waals surface area contributed by atoms with Crippen molar-refractivity contribution in [3.8, 4) is 0 Å². The Morgan fingerprint density at radius 2 is 1.91 bits per heavy atom. The second kappa shape index (κ2) is 13.7. The lowest BCUT2D eigenvalue weighted by Gasteiger charge is -2.30. The molecule has 2 aliphatic rings. The number of benzene rings is 2. The minimum absolute atomic E-state index is 0.0364. The molecule has 2 heterocycles. The highest BCUT2D eigenvalue weighted by Crippen LogP contribution is 2.32. The number of rotatable bonds is 9. The molecule has 1 aromatic heterocycles. The molecule has 230 valence electrons. The third-order valence-electron chi connectivity index (χ3n) is 8.46. The van der Waals surface area contributed by atoms with Crippen LogP contribution in [0, 0.1) is 11.7 Å². The number of halogens is 2. The van der Waals surface area contributed by atoms with Gasteiger partial charge in [-0.1, -0.05) is 29.8 Å². The van der Waals surface area contributed by atoms with Gasteiger partial charge in [-0.15, -0.1) is 0 Å². The number of hydrogen-bond donors (Lipinski definition) is 1. The topological polar surface area (TPSA) is 103 Å². The lowest BCUT2D eigenvalue weighted by Crippen LogP contribution is -2.40. The Morgan fingerprint density at radius 1 is 1.16 bits per heavy atom. The molecule has 1 aliphatic carbocycles. The number of carbonyl (C=O) groups excluding carboxylic acids is 3. The molecule has 9 nitrogen and oxygen atoms in total. The van der Waals surface area contributed by atoms with Gasteiger partial charge in [0.15, 0.2) is 5.69 Å². The van der Waals surface area contributed by atoms with Gasteiger partial charge < -0.3 is 19.7 Å². The molecule has 2 aromatic carbocycles. The Morgan fingerprint density at radius 3 is 2.63 bits per heavy atom. The van der Waals surface area contributed by atoms with E-state index in [0.29, 0.717) is 18.5 Å². The van der Waals surface area contributed by atoms with Gasteiger partial charge in [-0.3, -0.25) is 19.1 Å². The number of anilines is 1. The van der Waals surface area contributed by atoms with Gasteiger partial charge in [-0.05, 0) is 62.1 Å². The number of esters is 1. The number of nitrogens with one attached hydrogen (secondary N) is 1. The average molecular weight is 631 g/mol. The number of methoxy groups -OCH3 is 1. The second-order valence-electron chi connectivity index (χ2n) is 11.2. The summed E-state index contributed by atoms with van der Waals surface area (Å²) in [6.45, 7) is 0.956. The van der Waals surface area contributed by atoms with Crippen LogP contribution in [-0.4, -0.2) is 76.4 Å². The first-order valence-electron chi connectivity index (χ1n) is 14.4. The van der Waals surface area contributed by atoms with E-state index in [4.69, 9.17) is 21.1 Å². The van der Waals surface area contributed by atoms with Crippen molar-refractivity contribution < 1.29 is 28.2 Å². The molecule has 1 aliphatic heterocycles. The van der Waals surface area contributed by atoms with Crippen LogP contribution in [0.2, 0.25) is 5.02 Å². The van der Waals surface area contributed by atoms with Gasteiger partial charge >= 0.3 is 5.97 Å². The zero-order valence-electron chi connectivity index (χ0n) is 24.5. The van der Waals surface area contributed by atoms with E-state index in [1.54, 1.807) is 34.5 Å². The van der Waals surface area contributed by atoms with Crippen molar-refractivity contribution in [2.45, 2.75) is 55.9 Å². The molecular formula is C31H36ClFN4O5S. The number of para-hydroxylation sites is 1. The van der Waals surface area contributed by atoms with Crippen molar-refractivity contribution in [3.63, 3.8) is 0 Å². The Balaban J connectivity index is 1.22. The predicted molar refractivity (Wildman–Crippen MR) is 165 cm³/mol. The van der Waals surface area contributed by atoms with Gasteiger partial charge in [0.2, 0.25) is 5.91 Å². The molecule has 2 fully saturated rings. The van der Waals surface area contributed by atoms with E-state index in [2.05, 4.69) is 10.4 Å². The van der Waals surface area contributed by atoms with E-state index in [0.717, 1.165) is 43.7 Å². The van der Waals surface area contributed by atoms with Gasteiger partial charge in [-0.2, -0.15) is 16.9 Å². The van der Waals surface area contributed by atoms with Gasteiger partial charge in [0.25, 0.3) is 5.91 Å². The standard InChI is InChI=1S/C31H36ClFN4O5S/c1-36-27-7-5-4-6-23(27)29(35-36)30(39)34-26-15-25(33)19(12-24(26)32)13-28(38)37-16-22(43-3)14-20(37)17-42-21-10-8-18(9-11-21)31(40)41-2/h4-7,12,15,18,20-22H,8-11,13-14,16-17H2,1-3H3,(H,34,39)/t18-,20-,21-,22-/m0/s1. The molecule has 43 heavy (non-hydrogen) atoms. The predicted octanol–water partition coefficient (Wildman–Crippen LogP) is 5.24. The van der Waals surface area contributed by atoms with Crippen LogP contribution in [0.3, 0.4) is 0 Å². The summed E-state index contributed by atoms with van der Waals surface area (Å²) in [4.78, 5) is 40.1. The van der Waals surface area contributed by atoms with E-state index < -0.39 is 11.7 Å². The smallest absolute Gasteiger partial charge is 0.308 e. The van der Waals surface area contributed by atoms with Crippen LogP contribution in [0.15, 0.2) is 36.4 Å². The summed E-state index contributed by atoms with van der Waals surface area (Å²) in [6.07, 6.45) is 5.69. The maximum Gasteiger partial charge on any atom is 0.308 e. The molecule has 2 amide bonds. The summed E-state index contributed by atoms with van der Waals surface area (Å²) in [7, 11) is 3.16. The maximum absolute atomic E-state index is 15.3. The molecule has 1 saturated heterocycles. The van der Waals surface area contributed by atoms with Crippen molar-refractivity contribution in [1.29, 1.82) is 0 Å². The number of amides is 2. The van der Waals surface area contributed by atoms with Crippen molar-refractivity contribution in [2.24, 2.45) is 13.0 Å². The first kappa shape index (κ1) is 31.3. The highest BCUT2D eigenvalue weighted by atomic mass is 35.5. The fourth-order valence-corrected chi connectivity index (χ4v) is 6.99. The van der Waals surface area contributed by atoms with E-state index >= 15 is 4.39 Å². The van der Waals surface area contributed by atoms with Crippen LogP contribution in [0.25, 0.3) is 10.9 Å². The Labute approximate surface area is 259 Å². The first-order valence-corrected chi connectivity index (χ1v) is 16.1. The van der Waals surface area contributed by atoms with E-state index in [1.165, 1.54) is 13.2 Å². The molecule has 0 bridgehead atoms. The number of thioether (sulfide) groups is 1. The maximum atomic E-state index is 15.3. The lowest BCUT2D eigenvalue weighted by molar-refractivity contribution is -0.148. The fourth-order valence-electron chi connectivity index (χ4n) is 6.03. The van der Waals surface area contributed by atoms with Gasteiger partial charge in [0.1, 0.15) is 5.82 Å². The Kier molecular flexibility index (Phi) is 9.93. The number of nitrogens with zero attached hydrogens (tertiary/aromatic N) is 3. The molecule has 3 aromatic rings. The zero-order chi connectivity index (χ0) is 30.7. The highest BCUT2D eigenvalue weighted by molar-refractivity contribution is 7.99. The minimum Gasteiger partial charge on any atom is -0.469 e. The lowest BCUT2D eigenvalue weighted by atomic mass is 9.87. The van der Waals surface area contributed by atoms with Gasteiger partial charge in [0, 0.05) is 24.2 Å². The van der Waals surface area contributed by atoms with Crippen molar-refractivity contribution >= 4 is 57.7 Å². The molecule has 0 spiro atoms. The molecule has 0 unspecified atom stereocenters. The monoisotopic (exact) mass is 630 g/mol. The minimum atomic E-state index is -0.630. The quantitative estimate of drug-likeness (QED) is 0.323. The fraction of sp³-hybridized carbons (Fsp3) is 0.484. The largest absolute Gasteiger partial charge is 0.469 e. The van der Waals surface area contributed by atoms with E-state index in [-0.39, 0.29) is 63.6 Å². The molecular weight excluding hydrogens is 595 g/mol. The summed E-state index contributed by atoms with van der Waals surface area (Å²) >= 11 is 8.17. The molecule has 12 heteroatoms. The summed E-state index contributed by atoms with van der Waals surface area (Å²) in [6, 6.07) is 9.75. The molecule has 0 radical (unpaired) electrons. The van der Waals surface area contributed by atoms with Crippen molar-refractivity contribution in [3.05, 3.63) is 58.5 Å². The van der Waals surface area contributed by atoms with Crippen LogP contribution in [0.5, 0.6) is 0 Å². The van der Waals surface area contributed by atoms with Crippen molar-refractivity contribution in [1.82, 2.24) is 14.7 Å². The number of likely N-dealkylation sites (tertiary alicyclic amines) is 1. The number of aromatic nitrogens is 2. The van der Waals surface area contributed by atoms with Crippen LogP contribution in [0.1, 0.15) is 48.2 Å². The highest BCUT2D eigenvalue weighted by Gasteiger charge is 2.36. The first-order chi connectivity index (χ1) is 20.7. The molecule has 1 N–H and O–H groups in total. The normalized spacial score (nSPS) is 22.1. The second-order valence-corrected chi connectivity index (χ2v) is 12.7. The Hall–Kier alpha value is -3.15. The molecule has 1 saturated carbocycles. The summed E-state index contributed by atoms with van der Waals surface area (Å²) in [5.74, 6) is -1.59. The number of aryl methyl sites for hydroxylation is 1. The summed E-state index contributed by atoms with van der Waals surface area (Å²) < 4.78 is 28.0. The van der Waals surface area contributed by atoms with Crippen LogP contribution >= 0.6 is 23.4 Å². The third kappa shape index (κ3) is 6.99. The van der Waals surface area contributed by atoms with Gasteiger partial charge in [-0.25, -0.2) is 4.39 Å². The number of carbonyl (C=O) groups is 3. The number of ether oxygens (including phenoxy) is 2. The SMILES string of the molecule is COC(=O)[C@H]1CC[C@H](OC[C@@H]2C[C@H](SC)CN2C(=O)Cc2cc(Cl)c(NC(=O)c3nn(C)c4ccccc34)cc2F)CC1. The zero-order valence-corrected chi connectivity index (χ0v) is 26.0. The van der Waals surface area contributed by atoms with Crippen LogP contribution in [0.4, 0.5) is 10.1 Å². The summed E-state index contributed by atoms with van der Waals surface area (Å²) in [5, 5.41) is 8.03. The third-order valence-corrected chi connectivity index (χ3v) is 9.78. The van der Waals surface area contributed by atoms with Crippen LogP contribution < -0.4 is 5.32 Å². The molecule has 2 atom stereocenters.